The third kappa shape index (κ3) is 4.39. The van der Waals surface area contributed by atoms with Gasteiger partial charge in [0.25, 0.3) is 0 Å². The van der Waals surface area contributed by atoms with Crippen LogP contribution in [0.15, 0.2) is 42.5 Å². The van der Waals surface area contributed by atoms with Crippen LogP contribution in [0, 0.1) is 0 Å². The van der Waals surface area contributed by atoms with Gasteiger partial charge in [-0.3, -0.25) is 4.79 Å². The van der Waals surface area contributed by atoms with Crippen molar-refractivity contribution in [3.63, 3.8) is 0 Å². The second kappa shape index (κ2) is 7.82. The summed E-state index contributed by atoms with van der Waals surface area (Å²) >= 11 is 0. The van der Waals surface area contributed by atoms with Gasteiger partial charge in [0.1, 0.15) is 0 Å². The number of anilines is 1. The molecule has 0 radical (unpaired) electrons. The molecule has 0 bridgehead atoms. The summed E-state index contributed by atoms with van der Waals surface area (Å²) in [6.07, 6.45) is 0.610. The molecule has 0 spiro atoms. The van der Waals surface area contributed by atoms with E-state index in [1.54, 1.807) is 0 Å². The summed E-state index contributed by atoms with van der Waals surface area (Å²) in [5.41, 5.74) is 5.11. The lowest BCUT2D eigenvalue weighted by Crippen LogP contribution is -2.29. The average Bonchev–Trinajstić information content (AvgIpc) is 2.93. The molecular weight excluding hydrogens is 360 g/mol. The number of hydrogen-bond acceptors (Lipinski definition) is 3. The van der Waals surface area contributed by atoms with Gasteiger partial charge < -0.3 is 5.32 Å². The van der Waals surface area contributed by atoms with Gasteiger partial charge in [0, 0.05) is 12.2 Å². The molecule has 0 saturated carbocycles. The normalized spacial score (nSPS) is 17.4. The van der Waals surface area contributed by atoms with Crippen molar-refractivity contribution in [3.05, 3.63) is 53.6 Å². The molecule has 1 unspecified atom stereocenters. The van der Waals surface area contributed by atoms with E-state index in [-0.39, 0.29) is 23.5 Å². The standard InChI is InChI=1S/C21H26N2O3S/c1-4-11-27(25,26)22-13-14(2)16-5-7-17(8-6-16)18-9-10-19-15(3)21(24)23-20(19)12-18/h5-10,12,14-15,22H,4,11,13H2,1-3H3,(H,23,24)/t14-,15?/m0/s1. The Morgan fingerprint density at radius 3 is 2.44 bits per heavy atom. The number of fused-ring (bicyclic) bond motifs is 1. The molecule has 5 nitrogen and oxygen atoms in total. The third-order valence-corrected chi connectivity index (χ3v) is 6.62. The molecule has 0 aliphatic carbocycles. The highest BCUT2D eigenvalue weighted by Gasteiger charge is 2.26. The molecule has 1 heterocycles. The Kier molecular flexibility index (Phi) is 5.67. The molecule has 144 valence electrons. The maximum Gasteiger partial charge on any atom is 0.231 e. The van der Waals surface area contributed by atoms with Crippen molar-refractivity contribution in [2.75, 3.05) is 17.6 Å². The minimum atomic E-state index is -3.19. The fourth-order valence-corrected chi connectivity index (χ4v) is 4.50. The van der Waals surface area contributed by atoms with Gasteiger partial charge >= 0.3 is 0 Å². The van der Waals surface area contributed by atoms with Crippen LogP contribution in [0.4, 0.5) is 5.69 Å². The number of carbonyl (C=O) groups is 1. The van der Waals surface area contributed by atoms with Gasteiger partial charge in [-0.1, -0.05) is 50.2 Å². The maximum atomic E-state index is 11.8. The first-order valence-electron chi connectivity index (χ1n) is 9.33. The zero-order chi connectivity index (χ0) is 19.6. The first-order chi connectivity index (χ1) is 12.8. The predicted molar refractivity (Wildman–Crippen MR) is 109 cm³/mol. The molecule has 1 amide bonds. The van der Waals surface area contributed by atoms with Gasteiger partial charge in [-0.25, -0.2) is 13.1 Å². The van der Waals surface area contributed by atoms with Gasteiger partial charge in [-0.2, -0.15) is 0 Å². The molecule has 0 saturated heterocycles. The van der Waals surface area contributed by atoms with Crippen LogP contribution < -0.4 is 10.0 Å². The predicted octanol–water partition coefficient (Wildman–Crippen LogP) is 3.84. The molecule has 3 rings (SSSR count). The van der Waals surface area contributed by atoms with E-state index >= 15 is 0 Å². The fourth-order valence-electron chi connectivity index (χ4n) is 3.32. The van der Waals surface area contributed by atoms with Gasteiger partial charge in [0.2, 0.25) is 15.9 Å². The van der Waals surface area contributed by atoms with E-state index in [9.17, 15) is 13.2 Å². The van der Waals surface area contributed by atoms with Crippen LogP contribution in [0.2, 0.25) is 0 Å². The third-order valence-electron chi connectivity index (χ3n) is 5.07. The van der Waals surface area contributed by atoms with Crippen molar-refractivity contribution in [1.29, 1.82) is 0 Å². The number of nitrogens with one attached hydrogen (secondary N) is 2. The molecule has 6 heteroatoms. The second-order valence-corrected chi connectivity index (χ2v) is 9.13. The first-order valence-corrected chi connectivity index (χ1v) is 11.0. The number of hydrogen-bond donors (Lipinski definition) is 2. The minimum Gasteiger partial charge on any atom is -0.325 e. The Bertz CT molecular complexity index is 936. The summed E-state index contributed by atoms with van der Waals surface area (Å²) in [6, 6.07) is 14.2. The van der Waals surface area contributed by atoms with Crippen LogP contribution in [-0.2, 0) is 14.8 Å². The van der Waals surface area contributed by atoms with Crippen molar-refractivity contribution < 1.29 is 13.2 Å². The van der Waals surface area contributed by atoms with Crippen molar-refractivity contribution in [1.82, 2.24) is 4.72 Å². The number of amides is 1. The summed E-state index contributed by atoms with van der Waals surface area (Å²) in [5, 5.41) is 2.92. The number of benzene rings is 2. The molecule has 2 N–H and O–H groups in total. The van der Waals surface area contributed by atoms with E-state index in [0.29, 0.717) is 13.0 Å². The van der Waals surface area contributed by atoms with Crippen molar-refractivity contribution in [2.24, 2.45) is 0 Å². The topological polar surface area (TPSA) is 75.3 Å². The van der Waals surface area contributed by atoms with Gasteiger partial charge in [0.15, 0.2) is 0 Å². The highest BCUT2D eigenvalue weighted by atomic mass is 32.2. The number of rotatable bonds is 7. The molecule has 1 aliphatic heterocycles. The largest absolute Gasteiger partial charge is 0.325 e. The molecule has 2 aromatic carbocycles. The monoisotopic (exact) mass is 386 g/mol. The Labute approximate surface area is 161 Å². The lowest BCUT2D eigenvalue weighted by atomic mass is 9.95. The first kappa shape index (κ1) is 19.6. The van der Waals surface area contributed by atoms with E-state index in [0.717, 1.165) is 27.9 Å². The molecule has 0 fully saturated rings. The Hall–Kier alpha value is -2.18. The average molecular weight is 387 g/mol. The highest BCUT2D eigenvalue weighted by molar-refractivity contribution is 7.89. The summed E-state index contributed by atoms with van der Waals surface area (Å²) in [6.45, 7) is 6.17. The SMILES string of the molecule is CCCS(=O)(=O)NC[C@H](C)c1ccc(-c2ccc3c(c2)NC(=O)C3C)cc1. The molecular formula is C21H26N2O3S. The Morgan fingerprint density at radius 1 is 1.11 bits per heavy atom. The molecule has 2 atom stereocenters. The summed E-state index contributed by atoms with van der Waals surface area (Å²) in [7, 11) is -3.19. The van der Waals surface area contributed by atoms with Crippen LogP contribution in [0.1, 0.15) is 50.2 Å². The number of carbonyl (C=O) groups excluding carboxylic acids is 1. The van der Waals surface area contributed by atoms with E-state index < -0.39 is 10.0 Å². The van der Waals surface area contributed by atoms with Crippen molar-refractivity contribution >= 4 is 21.6 Å². The highest BCUT2D eigenvalue weighted by Crippen LogP contribution is 2.35. The van der Waals surface area contributed by atoms with Gasteiger partial charge in [-0.05, 0) is 47.6 Å². The van der Waals surface area contributed by atoms with E-state index in [1.807, 2.05) is 63.2 Å². The summed E-state index contributed by atoms with van der Waals surface area (Å²) in [5.74, 6) is 0.183. The second-order valence-electron chi connectivity index (χ2n) is 7.20. The molecule has 1 aliphatic rings. The summed E-state index contributed by atoms with van der Waals surface area (Å²) < 4.78 is 26.3. The van der Waals surface area contributed by atoms with Gasteiger partial charge in [0.05, 0.1) is 11.7 Å². The zero-order valence-electron chi connectivity index (χ0n) is 16.0. The minimum absolute atomic E-state index is 0.0387. The molecule has 27 heavy (non-hydrogen) atoms. The smallest absolute Gasteiger partial charge is 0.231 e. The summed E-state index contributed by atoms with van der Waals surface area (Å²) in [4.78, 5) is 11.8. The number of sulfonamides is 1. The van der Waals surface area contributed by atoms with Gasteiger partial charge in [-0.15, -0.1) is 0 Å². The van der Waals surface area contributed by atoms with Crippen LogP contribution >= 0.6 is 0 Å². The van der Waals surface area contributed by atoms with E-state index in [2.05, 4.69) is 10.0 Å². The molecule has 0 aromatic heterocycles. The van der Waals surface area contributed by atoms with Crippen LogP contribution in [0.25, 0.3) is 11.1 Å². The van der Waals surface area contributed by atoms with Crippen molar-refractivity contribution in [3.8, 4) is 11.1 Å². The fraction of sp³-hybridized carbons (Fsp3) is 0.381. The van der Waals surface area contributed by atoms with Crippen LogP contribution in [0.3, 0.4) is 0 Å². The van der Waals surface area contributed by atoms with Crippen LogP contribution in [-0.4, -0.2) is 26.6 Å². The van der Waals surface area contributed by atoms with E-state index in [1.165, 1.54) is 0 Å². The lowest BCUT2D eigenvalue weighted by Gasteiger charge is -2.14. The van der Waals surface area contributed by atoms with Crippen LogP contribution in [0.5, 0.6) is 0 Å². The Morgan fingerprint density at radius 2 is 1.78 bits per heavy atom. The lowest BCUT2D eigenvalue weighted by molar-refractivity contribution is -0.116. The zero-order valence-corrected chi connectivity index (χ0v) is 16.8. The Balaban J connectivity index is 1.71. The van der Waals surface area contributed by atoms with E-state index in [4.69, 9.17) is 0 Å². The maximum absolute atomic E-state index is 11.8. The van der Waals surface area contributed by atoms with Crippen molar-refractivity contribution in [2.45, 2.75) is 39.0 Å². The molecule has 2 aromatic rings. The quantitative estimate of drug-likeness (QED) is 0.759.